The molecule has 0 aromatic heterocycles. The van der Waals surface area contributed by atoms with Gasteiger partial charge in [0.05, 0.1) is 14.2 Å². The number of esters is 2. The Morgan fingerprint density at radius 2 is 1.81 bits per heavy atom. The molecular weight excluding hydrogens is 346 g/mol. The molecule has 2 aromatic rings. The van der Waals surface area contributed by atoms with Gasteiger partial charge in [0.2, 0.25) is 5.90 Å². The summed E-state index contributed by atoms with van der Waals surface area (Å²) in [6, 6.07) is 16.5. The summed E-state index contributed by atoms with van der Waals surface area (Å²) in [6.07, 6.45) is 2.90. The molecule has 138 valence electrons. The first-order chi connectivity index (χ1) is 13.1. The van der Waals surface area contributed by atoms with Crippen LogP contribution in [-0.4, -0.2) is 37.6 Å². The Morgan fingerprint density at radius 1 is 1.11 bits per heavy atom. The van der Waals surface area contributed by atoms with Crippen LogP contribution in [0.2, 0.25) is 0 Å². The predicted octanol–water partition coefficient (Wildman–Crippen LogP) is 2.71. The Morgan fingerprint density at radius 3 is 2.44 bits per heavy atom. The molecular formula is C21H19NO5. The third-order valence-electron chi connectivity index (χ3n) is 4.19. The molecule has 0 radical (unpaired) electrons. The average Bonchev–Trinajstić information content (AvgIpc) is 3.03. The Kier molecular flexibility index (Phi) is 5.35. The van der Waals surface area contributed by atoms with Gasteiger partial charge in [0.25, 0.3) is 0 Å². The minimum absolute atomic E-state index is 0.202. The third-order valence-corrected chi connectivity index (χ3v) is 4.19. The minimum Gasteiger partial charge on any atom is -0.497 e. The molecule has 3 rings (SSSR count). The fourth-order valence-electron chi connectivity index (χ4n) is 2.74. The summed E-state index contributed by atoms with van der Waals surface area (Å²) in [6.45, 7) is 0. The van der Waals surface area contributed by atoms with Gasteiger partial charge in [0.1, 0.15) is 5.75 Å². The Bertz CT molecular complexity index is 887. The summed E-state index contributed by atoms with van der Waals surface area (Å²) in [7, 11) is 2.85. The van der Waals surface area contributed by atoms with Crippen molar-refractivity contribution in [2.75, 3.05) is 14.2 Å². The molecule has 0 bridgehead atoms. The molecule has 27 heavy (non-hydrogen) atoms. The van der Waals surface area contributed by atoms with Gasteiger partial charge in [-0.05, 0) is 35.9 Å². The van der Waals surface area contributed by atoms with Gasteiger partial charge in [0, 0.05) is 18.1 Å². The van der Waals surface area contributed by atoms with E-state index >= 15 is 0 Å². The third kappa shape index (κ3) is 4.06. The van der Waals surface area contributed by atoms with Crippen LogP contribution >= 0.6 is 0 Å². The molecule has 0 spiro atoms. The summed E-state index contributed by atoms with van der Waals surface area (Å²) in [4.78, 5) is 28.8. The lowest BCUT2D eigenvalue weighted by Crippen LogP contribution is -2.34. The highest BCUT2D eigenvalue weighted by Gasteiger charge is 2.44. The summed E-state index contributed by atoms with van der Waals surface area (Å²) in [5, 5.41) is 0. The number of carbonyl (C=O) groups is 2. The highest BCUT2D eigenvalue weighted by Crippen LogP contribution is 2.29. The number of aliphatic imine (C=N–C) groups is 1. The van der Waals surface area contributed by atoms with Crippen LogP contribution in [0, 0.1) is 0 Å². The molecule has 1 atom stereocenters. The van der Waals surface area contributed by atoms with E-state index in [1.54, 1.807) is 31.4 Å². The fourth-order valence-corrected chi connectivity index (χ4v) is 2.74. The van der Waals surface area contributed by atoms with E-state index in [1.807, 2.05) is 30.3 Å². The standard InChI is InChI=1S/C21H19NO5/c1-25-17-10-8-16(9-11-17)19-22-21(20(24)27-19,13-12-18(23)26-2)14-15-6-4-3-5-7-15/h3-13H,14H2,1-2H3/b13-12+/t21-/m1/s1. The SMILES string of the molecule is COC(=O)/C=C/[C@]1(Cc2ccccc2)N=C(c2ccc(OC)cc2)OC1=O. The fraction of sp³-hybridized carbons (Fsp3) is 0.190. The highest BCUT2D eigenvalue weighted by molar-refractivity contribution is 6.09. The lowest BCUT2D eigenvalue weighted by atomic mass is 9.91. The van der Waals surface area contributed by atoms with E-state index in [4.69, 9.17) is 9.47 Å². The zero-order valence-corrected chi connectivity index (χ0v) is 15.0. The number of benzene rings is 2. The average molecular weight is 365 g/mol. The van der Waals surface area contributed by atoms with Gasteiger partial charge in [-0.15, -0.1) is 0 Å². The van der Waals surface area contributed by atoms with Crippen LogP contribution in [0.3, 0.4) is 0 Å². The molecule has 0 amide bonds. The predicted molar refractivity (Wildman–Crippen MR) is 99.7 cm³/mol. The van der Waals surface area contributed by atoms with Crippen molar-refractivity contribution in [1.82, 2.24) is 0 Å². The van der Waals surface area contributed by atoms with E-state index < -0.39 is 17.5 Å². The van der Waals surface area contributed by atoms with Gasteiger partial charge >= 0.3 is 11.9 Å². The second kappa shape index (κ2) is 7.86. The van der Waals surface area contributed by atoms with Crippen molar-refractivity contribution < 1.29 is 23.8 Å². The summed E-state index contributed by atoms with van der Waals surface area (Å²) in [5.74, 6) is -0.224. The molecule has 2 aromatic carbocycles. The monoisotopic (exact) mass is 365 g/mol. The maximum atomic E-state index is 12.7. The van der Waals surface area contributed by atoms with Gasteiger partial charge in [-0.25, -0.2) is 14.6 Å². The Hall–Kier alpha value is -3.41. The number of rotatable bonds is 6. The second-order valence-corrected chi connectivity index (χ2v) is 5.98. The molecule has 0 aliphatic carbocycles. The smallest absolute Gasteiger partial charge is 0.345 e. The lowest BCUT2D eigenvalue weighted by molar-refractivity contribution is -0.137. The van der Waals surface area contributed by atoms with Gasteiger partial charge in [0.15, 0.2) is 5.54 Å². The zero-order chi connectivity index (χ0) is 19.3. The molecule has 1 aliphatic rings. The largest absolute Gasteiger partial charge is 0.497 e. The van der Waals surface area contributed by atoms with E-state index in [0.717, 1.165) is 5.56 Å². The van der Waals surface area contributed by atoms with Gasteiger partial charge in [-0.1, -0.05) is 30.3 Å². The highest BCUT2D eigenvalue weighted by atomic mass is 16.6. The first-order valence-corrected chi connectivity index (χ1v) is 8.34. The first kappa shape index (κ1) is 18.4. The van der Waals surface area contributed by atoms with E-state index in [2.05, 4.69) is 9.73 Å². The molecule has 6 heteroatoms. The van der Waals surface area contributed by atoms with Crippen molar-refractivity contribution >= 4 is 17.8 Å². The first-order valence-electron chi connectivity index (χ1n) is 8.34. The Balaban J connectivity index is 1.99. The van der Waals surface area contributed by atoms with Gasteiger partial charge < -0.3 is 14.2 Å². The number of nitrogens with zero attached hydrogens (tertiary/aromatic N) is 1. The molecule has 0 saturated carbocycles. The van der Waals surface area contributed by atoms with Crippen LogP contribution in [0.5, 0.6) is 5.75 Å². The van der Waals surface area contributed by atoms with Crippen LogP contribution in [0.4, 0.5) is 0 Å². The topological polar surface area (TPSA) is 74.2 Å². The van der Waals surface area contributed by atoms with Crippen LogP contribution in [-0.2, 0) is 25.5 Å². The van der Waals surface area contributed by atoms with Crippen molar-refractivity contribution in [3.05, 3.63) is 77.9 Å². The number of hydrogen-bond donors (Lipinski definition) is 0. The van der Waals surface area contributed by atoms with Crippen LogP contribution < -0.4 is 4.74 Å². The molecule has 1 heterocycles. The van der Waals surface area contributed by atoms with Crippen LogP contribution in [0.25, 0.3) is 0 Å². The summed E-state index contributed by atoms with van der Waals surface area (Å²) in [5.41, 5.74) is 0.208. The van der Waals surface area contributed by atoms with E-state index in [-0.39, 0.29) is 12.3 Å². The van der Waals surface area contributed by atoms with Gasteiger partial charge in [-0.2, -0.15) is 0 Å². The van der Waals surface area contributed by atoms with Crippen molar-refractivity contribution in [3.8, 4) is 5.75 Å². The van der Waals surface area contributed by atoms with E-state index in [1.165, 1.54) is 19.3 Å². The molecule has 6 nitrogen and oxygen atoms in total. The van der Waals surface area contributed by atoms with Crippen LogP contribution in [0.1, 0.15) is 11.1 Å². The minimum atomic E-state index is -1.33. The van der Waals surface area contributed by atoms with Crippen molar-refractivity contribution in [3.63, 3.8) is 0 Å². The Labute approximate surface area is 157 Å². The van der Waals surface area contributed by atoms with Crippen molar-refractivity contribution in [2.45, 2.75) is 12.0 Å². The number of cyclic esters (lactones) is 1. The molecule has 1 aliphatic heterocycles. The number of ether oxygens (including phenoxy) is 3. The molecule has 0 saturated heterocycles. The summed E-state index contributed by atoms with van der Waals surface area (Å²) >= 11 is 0. The van der Waals surface area contributed by atoms with Gasteiger partial charge in [-0.3, -0.25) is 0 Å². The van der Waals surface area contributed by atoms with E-state index in [0.29, 0.717) is 11.3 Å². The quantitative estimate of drug-likeness (QED) is 0.581. The normalized spacial score (nSPS) is 18.9. The zero-order valence-electron chi connectivity index (χ0n) is 15.0. The number of carbonyl (C=O) groups excluding carboxylic acids is 2. The molecule has 0 unspecified atom stereocenters. The molecule has 0 fully saturated rings. The summed E-state index contributed by atoms with van der Waals surface area (Å²) < 4.78 is 15.2. The maximum absolute atomic E-state index is 12.7. The van der Waals surface area contributed by atoms with E-state index in [9.17, 15) is 9.59 Å². The second-order valence-electron chi connectivity index (χ2n) is 5.98. The number of methoxy groups -OCH3 is 2. The van der Waals surface area contributed by atoms with Crippen LogP contribution in [0.15, 0.2) is 71.7 Å². The number of hydrogen-bond acceptors (Lipinski definition) is 6. The van der Waals surface area contributed by atoms with Crippen molar-refractivity contribution in [1.29, 1.82) is 0 Å². The molecule has 0 N–H and O–H groups in total. The van der Waals surface area contributed by atoms with Crippen molar-refractivity contribution in [2.24, 2.45) is 4.99 Å². The maximum Gasteiger partial charge on any atom is 0.345 e. The lowest BCUT2D eigenvalue weighted by Gasteiger charge is -2.17.